The number of carbonyl (C=O) groups excluding carboxylic acids is 1. The molecule has 0 radical (unpaired) electrons. The van der Waals surface area contributed by atoms with Gasteiger partial charge in [-0.3, -0.25) is 0 Å². The van der Waals surface area contributed by atoms with Gasteiger partial charge in [0.05, 0.1) is 13.2 Å². The summed E-state index contributed by atoms with van der Waals surface area (Å²) in [5.74, 6) is 0. The fourth-order valence-electron chi connectivity index (χ4n) is 1.15. The summed E-state index contributed by atoms with van der Waals surface area (Å²) in [6.45, 7) is 4.74. The molecule has 0 heterocycles. The molecule has 0 aromatic carbocycles. The zero-order valence-corrected chi connectivity index (χ0v) is 9.95. The second kappa shape index (κ2) is 9.77. The van der Waals surface area contributed by atoms with Crippen molar-refractivity contribution in [3.05, 3.63) is 0 Å². The summed E-state index contributed by atoms with van der Waals surface area (Å²) >= 11 is 0. The maximum absolute atomic E-state index is 11.1. The largest absolute Gasteiger partial charge is 0.508 e. The van der Waals surface area contributed by atoms with Crippen molar-refractivity contribution in [1.82, 2.24) is 0 Å². The first-order valence-corrected chi connectivity index (χ1v) is 5.53. The van der Waals surface area contributed by atoms with Crippen molar-refractivity contribution in [3.63, 3.8) is 0 Å². The number of unbranched alkanes of at least 4 members (excludes halogenated alkanes) is 3. The molecule has 0 aliphatic heterocycles. The van der Waals surface area contributed by atoms with Crippen LogP contribution in [0.5, 0.6) is 0 Å². The third-order valence-electron chi connectivity index (χ3n) is 1.92. The zero-order chi connectivity index (χ0) is 11.5. The van der Waals surface area contributed by atoms with Crippen LogP contribution in [0.1, 0.15) is 39.5 Å². The van der Waals surface area contributed by atoms with Crippen molar-refractivity contribution >= 4 is 6.16 Å². The first kappa shape index (κ1) is 14.2. The molecular weight excluding hydrogens is 196 g/mol. The third kappa shape index (κ3) is 9.53. The van der Waals surface area contributed by atoms with E-state index in [4.69, 9.17) is 14.2 Å². The third-order valence-corrected chi connectivity index (χ3v) is 1.92. The number of rotatable bonds is 8. The van der Waals surface area contributed by atoms with Crippen molar-refractivity contribution < 1.29 is 19.0 Å². The standard InChI is InChI=1S/C11H22O4/c1-4-5-6-7-8-14-11(12)15-10(2)9-13-3/h10H,4-9H2,1-3H3. The van der Waals surface area contributed by atoms with Gasteiger partial charge in [0.15, 0.2) is 0 Å². The second-order valence-corrected chi connectivity index (χ2v) is 3.54. The van der Waals surface area contributed by atoms with E-state index in [9.17, 15) is 4.79 Å². The number of hydrogen-bond donors (Lipinski definition) is 0. The number of carbonyl (C=O) groups is 1. The molecule has 0 aliphatic rings. The lowest BCUT2D eigenvalue weighted by Crippen LogP contribution is -2.20. The lowest BCUT2D eigenvalue weighted by molar-refractivity contribution is 0.000648. The fourth-order valence-corrected chi connectivity index (χ4v) is 1.15. The fraction of sp³-hybridized carbons (Fsp3) is 0.909. The quantitative estimate of drug-likeness (QED) is 0.464. The highest BCUT2D eigenvalue weighted by atomic mass is 16.7. The van der Waals surface area contributed by atoms with Gasteiger partial charge in [0, 0.05) is 7.11 Å². The van der Waals surface area contributed by atoms with Crippen LogP contribution in [0.2, 0.25) is 0 Å². The normalized spacial score (nSPS) is 12.2. The van der Waals surface area contributed by atoms with Gasteiger partial charge >= 0.3 is 6.16 Å². The Hall–Kier alpha value is -0.770. The molecule has 0 N–H and O–H groups in total. The molecule has 0 rings (SSSR count). The minimum absolute atomic E-state index is 0.252. The van der Waals surface area contributed by atoms with Crippen LogP contribution in [-0.4, -0.2) is 32.6 Å². The van der Waals surface area contributed by atoms with Crippen LogP contribution >= 0.6 is 0 Å². The Kier molecular flexibility index (Phi) is 9.27. The monoisotopic (exact) mass is 218 g/mol. The van der Waals surface area contributed by atoms with Gasteiger partial charge in [0.2, 0.25) is 0 Å². The summed E-state index contributed by atoms with van der Waals surface area (Å²) in [6.07, 6.45) is 3.50. The lowest BCUT2D eigenvalue weighted by atomic mass is 10.2. The van der Waals surface area contributed by atoms with Crippen molar-refractivity contribution in [2.45, 2.75) is 45.6 Å². The van der Waals surface area contributed by atoms with Gasteiger partial charge < -0.3 is 14.2 Å². The molecular formula is C11H22O4. The van der Waals surface area contributed by atoms with Gasteiger partial charge in [0.1, 0.15) is 6.10 Å². The molecule has 15 heavy (non-hydrogen) atoms. The Bertz CT molecular complexity index is 159. The number of hydrogen-bond acceptors (Lipinski definition) is 4. The summed E-state index contributed by atoms with van der Waals surface area (Å²) in [5, 5.41) is 0. The van der Waals surface area contributed by atoms with Gasteiger partial charge in [-0.05, 0) is 13.3 Å². The maximum Gasteiger partial charge on any atom is 0.508 e. The van der Waals surface area contributed by atoms with Crippen LogP contribution in [0.4, 0.5) is 4.79 Å². The van der Waals surface area contributed by atoms with Gasteiger partial charge in [-0.1, -0.05) is 26.2 Å². The van der Waals surface area contributed by atoms with Crippen LogP contribution in [0, 0.1) is 0 Å². The Labute approximate surface area is 91.9 Å². The maximum atomic E-state index is 11.1. The summed E-state index contributed by atoms with van der Waals surface area (Å²) in [5.41, 5.74) is 0. The van der Waals surface area contributed by atoms with E-state index in [-0.39, 0.29) is 6.10 Å². The summed E-state index contributed by atoms with van der Waals surface area (Å²) in [6, 6.07) is 0. The Morgan fingerprint density at radius 2 is 2.00 bits per heavy atom. The smallest absolute Gasteiger partial charge is 0.434 e. The molecule has 1 unspecified atom stereocenters. The van der Waals surface area contributed by atoms with Crippen molar-refractivity contribution in [3.8, 4) is 0 Å². The van der Waals surface area contributed by atoms with Crippen molar-refractivity contribution in [2.75, 3.05) is 20.3 Å². The molecule has 0 fully saturated rings. The predicted molar refractivity (Wildman–Crippen MR) is 57.9 cm³/mol. The van der Waals surface area contributed by atoms with Crippen molar-refractivity contribution in [2.24, 2.45) is 0 Å². The molecule has 0 bridgehead atoms. The highest BCUT2D eigenvalue weighted by molar-refractivity contribution is 5.60. The molecule has 90 valence electrons. The van der Waals surface area contributed by atoms with Crippen LogP contribution in [0.15, 0.2) is 0 Å². The summed E-state index contributed by atoms with van der Waals surface area (Å²) < 4.78 is 14.6. The van der Waals surface area contributed by atoms with Crippen LogP contribution in [0.3, 0.4) is 0 Å². The minimum atomic E-state index is -0.601. The molecule has 0 aliphatic carbocycles. The van der Waals surface area contributed by atoms with E-state index in [1.54, 1.807) is 14.0 Å². The van der Waals surface area contributed by atoms with Crippen LogP contribution in [-0.2, 0) is 14.2 Å². The predicted octanol–water partition coefficient (Wildman–Crippen LogP) is 2.75. The number of ether oxygens (including phenoxy) is 3. The van der Waals surface area contributed by atoms with E-state index in [0.717, 1.165) is 12.8 Å². The van der Waals surface area contributed by atoms with E-state index in [1.807, 2.05) is 0 Å². The van der Waals surface area contributed by atoms with Crippen LogP contribution < -0.4 is 0 Å². The van der Waals surface area contributed by atoms with Gasteiger partial charge in [-0.15, -0.1) is 0 Å². The van der Waals surface area contributed by atoms with Gasteiger partial charge in [0.25, 0.3) is 0 Å². The van der Waals surface area contributed by atoms with Crippen molar-refractivity contribution in [1.29, 1.82) is 0 Å². The molecule has 0 aromatic heterocycles. The Morgan fingerprint density at radius 1 is 1.27 bits per heavy atom. The first-order chi connectivity index (χ1) is 7.20. The molecule has 4 heteroatoms. The Morgan fingerprint density at radius 3 is 2.60 bits per heavy atom. The van der Waals surface area contributed by atoms with Gasteiger partial charge in [-0.25, -0.2) is 4.79 Å². The highest BCUT2D eigenvalue weighted by Gasteiger charge is 2.09. The average molecular weight is 218 g/mol. The topological polar surface area (TPSA) is 44.8 Å². The summed E-state index contributed by atoms with van der Waals surface area (Å²) in [4.78, 5) is 11.1. The highest BCUT2D eigenvalue weighted by Crippen LogP contribution is 2.01. The van der Waals surface area contributed by atoms with Crippen LogP contribution in [0.25, 0.3) is 0 Å². The molecule has 0 spiro atoms. The summed E-state index contributed by atoms with van der Waals surface area (Å²) in [7, 11) is 1.57. The van der Waals surface area contributed by atoms with E-state index in [0.29, 0.717) is 13.2 Å². The van der Waals surface area contributed by atoms with E-state index < -0.39 is 6.16 Å². The molecule has 0 aromatic rings. The zero-order valence-electron chi connectivity index (χ0n) is 9.95. The molecule has 0 saturated carbocycles. The lowest BCUT2D eigenvalue weighted by Gasteiger charge is -2.11. The van der Waals surface area contributed by atoms with Gasteiger partial charge in [-0.2, -0.15) is 0 Å². The SMILES string of the molecule is CCCCCCOC(=O)OC(C)COC. The van der Waals surface area contributed by atoms with E-state index >= 15 is 0 Å². The van der Waals surface area contributed by atoms with E-state index in [2.05, 4.69) is 6.92 Å². The second-order valence-electron chi connectivity index (χ2n) is 3.54. The molecule has 1 atom stereocenters. The molecule has 4 nitrogen and oxygen atoms in total. The number of methoxy groups -OCH3 is 1. The molecule has 0 saturated heterocycles. The first-order valence-electron chi connectivity index (χ1n) is 5.53. The minimum Gasteiger partial charge on any atom is -0.434 e. The average Bonchev–Trinajstić information content (AvgIpc) is 2.17. The molecule has 0 amide bonds. The van der Waals surface area contributed by atoms with E-state index in [1.165, 1.54) is 12.8 Å². The Balaban J connectivity index is 3.32.